The molecule has 0 aromatic carbocycles. The van der Waals surface area contributed by atoms with E-state index in [1.54, 1.807) is 0 Å². The topological polar surface area (TPSA) is 78.9 Å². The summed E-state index contributed by atoms with van der Waals surface area (Å²) in [6.45, 7) is 6.47. The van der Waals surface area contributed by atoms with Gasteiger partial charge >= 0.3 is 17.9 Å². The minimum absolute atomic E-state index is 0.0931. The maximum absolute atomic E-state index is 12.9. The molecule has 0 aliphatic heterocycles. The maximum Gasteiger partial charge on any atom is 0.306 e. The molecule has 0 amide bonds. The van der Waals surface area contributed by atoms with E-state index in [0.29, 0.717) is 19.3 Å². The summed E-state index contributed by atoms with van der Waals surface area (Å²) in [6, 6.07) is 0. The molecule has 6 heteroatoms. The molecule has 0 aliphatic carbocycles. The van der Waals surface area contributed by atoms with Gasteiger partial charge in [-0.15, -0.1) is 0 Å². The minimum Gasteiger partial charge on any atom is -0.462 e. The van der Waals surface area contributed by atoms with Crippen LogP contribution in [0.2, 0.25) is 0 Å². The molecule has 0 bridgehead atoms. The van der Waals surface area contributed by atoms with E-state index in [1.807, 2.05) is 0 Å². The van der Waals surface area contributed by atoms with E-state index in [0.717, 1.165) is 141 Å². The van der Waals surface area contributed by atoms with E-state index in [9.17, 15) is 14.4 Å². The molecule has 76 heavy (non-hydrogen) atoms. The van der Waals surface area contributed by atoms with E-state index in [4.69, 9.17) is 14.2 Å². The van der Waals surface area contributed by atoms with Gasteiger partial charge in [-0.1, -0.05) is 251 Å². The SMILES string of the molecule is CC/C=C\C/C=C\C/C=C\C/C=C\C/C=C\C/C=C\C/C=C\CCCCCCCCCC(=O)OCC(COC(=O)CCCCCCC/C=C\CCCCCC)OC(=O)CCCCCCC/C=C\C/C=C\CCCCCC. The van der Waals surface area contributed by atoms with Crippen molar-refractivity contribution in [2.45, 2.75) is 290 Å². The molecule has 0 aliphatic rings. The third-order valence-corrected chi connectivity index (χ3v) is 13.2. The quantitative estimate of drug-likeness (QED) is 0.0261. The fraction of sp³-hybridized carbons (Fsp3) is 0.671. The lowest BCUT2D eigenvalue weighted by Crippen LogP contribution is -2.30. The van der Waals surface area contributed by atoms with Gasteiger partial charge in [-0.25, -0.2) is 0 Å². The Balaban J connectivity index is 4.35. The Labute approximate surface area is 469 Å². The van der Waals surface area contributed by atoms with Gasteiger partial charge in [0.1, 0.15) is 13.2 Å². The molecule has 0 rings (SSSR count). The van der Waals surface area contributed by atoms with Crippen LogP contribution >= 0.6 is 0 Å². The predicted octanol–water partition coefficient (Wildman–Crippen LogP) is 21.6. The van der Waals surface area contributed by atoms with Crippen LogP contribution in [-0.2, 0) is 28.6 Å². The minimum atomic E-state index is -0.797. The van der Waals surface area contributed by atoms with Crippen molar-refractivity contribution in [2.24, 2.45) is 0 Å². The summed E-state index contributed by atoms with van der Waals surface area (Å²) in [7, 11) is 0. The molecule has 0 aromatic heterocycles. The highest BCUT2D eigenvalue weighted by Gasteiger charge is 2.19. The molecular weight excluding hydrogens is 937 g/mol. The average Bonchev–Trinajstić information content (AvgIpc) is 3.42. The van der Waals surface area contributed by atoms with Crippen molar-refractivity contribution in [1.29, 1.82) is 0 Å². The first-order chi connectivity index (χ1) is 37.5. The van der Waals surface area contributed by atoms with Crippen LogP contribution in [0.1, 0.15) is 284 Å². The van der Waals surface area contributed by atoms with Gasteiger partial charge in [0.15, 0.2) is 6.10 Å². The van der Waals surface area contributed by atoms with E-state index in [2.05, 4.69) is 142 Å². The first-order valence-corrected chi connectivity index (χ1v) is 31.5. The number of esters is 3. The van der Waals surface area contributed by atoms with Crippen LogP contribution in [-0.4, -0.2) is 37.2 Å². The lowest BCUT2D eigenvalue weighted by atomic mass is 10.1. The van der Waals surface area contributed by atoms with Gasteiger partial charge < -0.3 is 14.2 Å². The third kappa shape index (κ3) is 60.7. The van der Waals surface area contributed by atoms with Crippen molar-refractivity contribution in [3.05, 3.63) is 122 Å². The molecule has 0 fully saturated rings. The Morgan fingerprint density at radius 2 is 0.513 bits per heavy atom. The molecule has 1 unspecified atom stereocenters. The zero-order valence-electron chi connectivity index (χ0n) is 49.5. The number of hydrogen-bond acceptors (Lipinski definition) is 6. The number of unbranched alkanes of at least 4 members (excludes halogenated alkanes) is 25. The van der Waals surface area contributed by atoms with Crippen molar-refractivity contribution < 1.29 is 28.6 Å². The molecule has 0 aromatic rings. The first kappa shape index (κ1) is 71.8. The lowest BCUT2D eigenvalue weighted by molar-refractivity contribution is -0.167. The van der Waals surface area contributed by atoms with Gasteiger partial charge in [0.05, 0.1) is 0 Å². The normalized spacial score (nSPS) is 12.9. The van der Waals surface area contributed by atoms with Crippen LogP contribution in [0.4, 0.5) is 0 Å². The zero-order chi connectivity index (χ0) is 55.0. The Morgan fingerprint density at radius 3 is 0.816 bits per heavy atom. The van der Waals surface area contributed by atoms with Gasteiger partial charge in [0.25, 0.3) is 0 Å². The fourth-order valence-electron chi connectivity index (χ4n) is 8.45. The molecule has 0 radical (unpaired) electrons. The second-order valence-corrected chi connectivity index (χ2v) is 20.6. The van der Waals surface area contributed by atoms with Gasteiger partial charge in [-0.2, -0.15) is 0 Å². The van der Waals surface area contributed by atoms with Crippen LogP contribution in [0.3, 0.4) is 0 Å². The molecule has 0 N–H and O–H groups in total. The van der Waals surface area contributed by atoms with Crippen molar-refractivity contribution in [1.82, 2.24) is 0 Å². The van der Waals surface area contributed by atoms with E-state index >= 15 is 0 Å². The van der Waals surface area contributed by atoms with Crippen molar-refractivity contribution in [3.8, 4) is 0 Å². The van der Waals surface area contributed by atoms with Gasteiger partial charge in [0.2, 0.25) is 0 Å². The molecule has 0 saturated heterocycles. The highest BCUT2D eigenvalue weighted by Crippen LogP contribution is 2.14. The summed E-state index contributed by atoms with van der Waals surface area (Å²) in [6.07, 6.45) is 87.7. The zero-order valence-corrected chi connectivity index (χ0v) is 49.5. The average molecular weight is 1050 g/mol. The Kier molecular flexibility index (Phi) is 59.9. The Bertz CT molecular complexity index is 1590. The van der Waals surface area contributed by atoms with Gasteiger partial charge in [-0.3, -0.25) is 14.4 Å². The standard InChI is InChI=1S/C70H116O6/c1-4-7-10-13-16-19-22-25-27-29-30-31-32-33-34-35-36-37-38-39-40-41-43-45-48-51-54-57-60-63-69(72)75-66-67(65-74-68(71)62-59-56-53-50-47-44-24-21-18-15-12-9-6-3)76-70(73)64-61-58-55-52-49-46-42-28-26-23-20-17-14-11-8-5-2/h7,10,16,19-21,23-25,27-28,30-31,33-34,36-37,39-40,42,67H,4-6,8-9,11-15,17-18,22,26,29,32,35,38,41,43-66H2,1-3H3/b10-7-,19-16-,23-20-,24-21-,27-25-,31-30-,34-33-,37-36-,40-39-,42-28-. The second-order valence-electron chi connectivity index (χ2n) is 20.6. The summed E-state index contributed by atoms with van der Waals surface area (Å²) in [5.41, 5.74) is 0. The number of hydrogen-bond donors (Lipinski definition) is 0. The Hall–Kier alpha value is -4.19. The summed E-state index contributed by atoms with van der Waals surface area (Å²) in [5, 5.41) is 0. The van der Waals surface area contributed by atoms with E-state index < -0.39 is 6.10 Å². The predicted molar refractivity (Wildman–Crippen MR) is 330 cm³/mol. The Morgan fingerprint density at radius 1 is 0.276 bits per heavy atom. The van der Waals surface area contributed by atoms with Crippen molar-refractivity contribution in [3.63, 3.8) is 0 Å². The first-order valence-electron chi connectivity index (χ1n) is 31.5. The van der Waals surface area contributed by atoms with Crippen molar-refractivity contribution in [2.75, 3.05) is 13.2 Å². The van der Waals surface area contributed by atoms with Crippen LogP contribution < -0.4 is 0 Å². The smallest absolute Gasteiger partial charge is 0.306 e. The summed E-state index contributed by atoms with van der Waals surface area (Å²) < 4.78 is 16.9. The van der Waals surface area contributed by atoms with E-state index in [-0.39, 0.29) is 31.1 Å². The largest absolute Gasteiger partial charge is 0.462 e. The van der Waals surface area contributed by atoms with Crippen LogP contribution in [0.25, 0.3) is 0 Å². The van der Waals surface area contributed by atoms with Crippen LogP contribution in [0, 0.1) is 0 Å². The molecular formula is C70H116O6. The fourth-order valence-corrected chi connectivity index (χ4v) is 8.45. The number of allylic oxidation sites excluding steroid dienone is 20. The van der Waals surface area contributed by atoms with E-state index in [1.165, 1.54) is 103 Å². The molecule has 0 saturated carbocycles. The molecule has 0 heterocycles. The molecule has 6 nitrogen and oxygen atoms in total. The summed E-state index contributed by atoms with van der Waals surface area (Å²) >= 11 is 0. The number of carbonyl (C=O) groups is 3. The summed E-state index contributed by atoms with van der Waals surface area (Å²) in [5.74, 6) is -0.924. The molecule has 0 spiro atoms. The lowest BCUT2D eigenvalue weighted by Gasteiger charge is -2.18. The molecule has 1 atom stereocenters. The number of rotatable bonds is 56. The highest BCUT2D eigenvalue weighted by molar-refractivity contribution is 5.71. The summed E-state index contributed by atoms with van der Waals surface area (Å²) in [4.78, 5) is 38.2. The van der Waals surface area contributed by atoms with Crippen LogP contribution in [0.5, 0.6) is 0 Å². The number of carbonyl (C=O) groups excluding carboxylic acids is 3. The third-order valence-electron chi connectivity index (χ3n) is 13.2. The maximum atomic E-state index is 12.9. The van der Waals surface area contributed by atoms with Crippen LogP contribution in [0.15, 0.2) is 122 Å². The number of ether oxygens (including phenoxy) is 3. The van der Waals surface area contributed by atoms with Crippen molar-refractivity contribution >= 4 is 17.9 Å². The molecule has 432 valence electrons. The van der Waals surface area contributed by atoms with Gasteiger partial charge in [-0.05, 0) is 135 Å². The van der Waals surface area contributed by atoms with Gasteiger partial charge in [0, 0.05) is 19.3 Å². The highest BCUT2D eigenvalue weighted by atomic mass is 16.6. The second kappa shape index (κ2) is 63.3. The monoisotopic (exact) mass is 1050 g/mol.